The number of amides is 2. The van der Waals surface area contributed by atoms with Crippen LogP contribution < -0.4 is 4.74 Å². The number of ether oxygens (including phenoxy) is 1. The molecule has 1 aliphatic heterocycles. The van der Waals surface area contributed by atoms with Gasteiger partial charge in [0.1, 0.15) is 12.4 Å². The summed E-state index contributed by atoms with van der Waals surface area (Å²) in [4.78, 5) is 27.3. The summed E-state index contributed by atoms with van der Waals surface area (Å²) >= 11 is 0.967. The first-order valence-electron chi connectivity index (χ1n) is 11.1. The molecule has 0 bridgehead atoms. The highest BCUT2D eigenvalue weighted by Gasteiger charge is 2.35. The van der Waals surface area contributed by atoms with Crippen molar-refractivity contribution in [2.75, 3.05) is 0 Å². The second kappa shape index (κ2) is 9.57. The number of hydrogen-bond donors (Lipinski definition) is 0. The molecule has 0 saturated carbocycles. The Morgan fingerprint density at radius 3 is 2.44 bits per heavy atom. The van der Waals surface area contributed by atoms with Crippen LogP contribution in [0.2, 0.25) is 0 Å². The molecule has 1 aliphatic rings. The maximum absolute atomic E-state index is 13.0. The van der Waals surface area contributed by atoms with E-state index >= 15 is 0 Å². The van der Waals surface area contributed by atoms with E-state index in [4.69, 9.17) is 4.74 Å². The van der Waals surface area contributed by atoms with Crippen LogP contribution in [0.1, 0.15) is 22.3 Å². The van der Waals surface area contributed by atoms with Crippen LogP contribution in [0, 0.1) is 6.92 Å². The predicted molar refractivity (Wildman–Crippen MR) is 137 cm³/mol. The molecule has 0 radical (unpaired) electrons. The molecule has 5 rings (SSSR count). The van der Waals surface area contributed by atoms with Crippen LogP contribution in [0.15, 0.2) is 95.9 Å². The highest BCUT2D eigenvalue weighted by molar-refractivity contribution is 8.18. The number of nitrogens with zero attached hydrogens (tertiary/aromatic N) is 1. The average molecular weight is 466 g/mol. The van der Waals surface area contributed by atoms with E-state index in [0.29, 0.717) is 17.3 Å². The third-order valence-electron chi connectivity index (χ3n) is 5.80. The summed E-state index contributed by atoms with van der Waals surface area (Å²) in [7, 11) is 0. The van der Waals surface area contributed by atoms with Crippen LogP contribution in [0.25, 0.3) is 16.8 Å². The van der Waals surface area contributed by atoms with Crippen LogP contribution in [-0.2, 0) is 17.9 Å². The first-order valence-corrected chi connectivity index (χ1v) is 11.9. The Labute approximate surface area is 202 Å². The van der Waals surface area contributed by atoms with Gasteiger partial charge in [-0.05, 0) is 52.7 Å². The molecule has 1 fully saturated rings. The summed E-state index contributed by atoms with van der Waals surface area (Å²) in [6, 6.07) is 29.8. The smallest absolute Gasteiger partial charge is 0.293 e. The Kier molecular flexibility index (Phi) is 6.19. The van der Waals surface area contributed by atoms with Crippen molar-refractivity contribution in [3.63, 3.8) is 0 Å². The maximum Gasteiger partial charge on any atom is 0.293 e. The Morgan fingerprint density at radius 1 is 0.853 bits per heavy atom. The molecule has 0 aromatic heterocycles. The number of para-hydroxylation sites is 1. The van der Waals surface area contributed by atoms with Crippen molar-refractivity contribution < 1.29 is 14.3 Å². The topological polar surface area (TPSA) is 46.6 Å². The molecular weight excluding hydrogens is 442 g/mol. The maximum atomic E-state index is 13.0. The number of aryl methyl sites for hydroxylation is 1. The molecular formula is C29H23NO3S. The SMILES string of the molecule is Cc1ccc(CN2C(=O)SC(=Cc3ccccc3OCc3cccc4ccccc34)C2=O)cc1. The van der Waals surface area contributed by atoms with Crippen molar-refractivity contribution in [2.45, 2.75) is 20.1 Å². The lowest BCUT2D eigenvalue weighted by Gasteiger charge is -2.13. The number of benzene rings is 4. The minimum Gasteiger partial charge on any atom is -0.488 e. The van der Waals surface area contributed by atoms with Crippen molar-refractivity contribution in [1.82, 2.24) is 4.90 Å². The third-order valence-corrected chi connectivity index (χ3v) is 6.71. The second-order valence-corrected chi connectivity index (χ2v) is 9.21. The average Bonchev–Trinajstić information content (AvgIpc) is 3.12. The number of fused-ring (bicyclic) bond motifs is 1. The van der Waals surface area contributed by atoms with Crippen LogP contribution in [0.4, 0.5) is 4.79 Å². The van der Waals surface area contributed by atoms with Crippen molar-refractivity contribution in [3.05, 3.63) is 118 Å². The van der Waals surface area contributed by atoms with E-state index in [1.165, 1.54) is 10.3 Å². The van der Waals surface area contributed by atoms with E-state index in [1.54, 1.807) is 6.08 Å². The number of thioether (sulfide) groups is 1. The number of carbonyl (C=O) groups is 2. The van der Waals surface area contributed by atoms with Gasteiger partial charge in [-0.3, -0.25) is 14.5 Å². The van der Waals surface area contributed by atoms with E-state index in [2.05, 4.69) is 24.3 Å². The van der Waals surface area contributed by atoms with Gasteiger partial charge in [-0.2, -0.15) is 0 Å². The van der Waals surface area contributed by atoms with Gasteiger partial charge in [0.25, 0.3) is 11.1 Å². The second-order valence-electron chi connectivity index (χ2n) is 8.22. The number of hydrogen-bond acceptors (Lipinski definition) is 4. The summed E-state index contributed by atoms with van der Waals surface area (Å²) in [6.45, 7) is 2.68. The van der Waals surface area contributed by atoms with Gasteiger partial charge < -0.3 is 4.74 Å². The first kappa shape index (κ1) is 22.0. The molecule has 168 valence electrons. The molecule has 34 heavy (non-hydrogen) atoms. The van der Waals surface area contributed by atoms with Gasteiger partial charge in [-0.1, -0.05) is 90.5 Å². The molecule has 0 unspecified atom stereocenters. The molecule has 4 aromatic rings. The molecule has 0 atom stereocenters. The van der Waals surface area contributed by atoms with Gasteiger partial charge in [0, 0.05) is 5.56 Å². The van der Waals surface area contributed by atoms with E-state index in [1.807, 2.05) is 73.7 Å². The number of rotatable bonds is 6. The zero-order chi connectivity index (χ0) is 23.5. The van der Waals surface area contributed by atoms with E-state index in [0.717, 1.165) is 39.4 Å². The third kappa shape index (κ3) is 4.61. The number of imide groups is 1. The standard InChI is InChI=1S/C29H23NO3S/c1-20-13-15-21(16-14-20)18-30-28(31)27(34-29(30)32)17-23-8-3-5-12-26(23)33-19-24-10-6-9-22-7-2-4-11-25(22)24/h2-17H,18-19H2,1H3. The largest absolute Gasteiger partial charge is 0.488 e. The van der Waals surface area contributed by atoms with Crippen LogP contribution in [0.5, 0.6) is 5.75 Å². The Bertz CT molecular complexity index is 1400. The molecule has 0 N–H and O–H groups in total. The summed E-state index contributed by atoms with van der Waals surface area (Å²) in [5.41, 5.74) is 3.92. The minimum atomic E-state index is -0.278. The minimum absolute atomic E-state index is 0.258. The lowest BCUT2D eigenvalue weighted by molar-refractivity contribution is -0.123. The zero-order valence-corrected chi connectivity index (χ0v) is 19.5. The quantitative estimate of drug-likeness (QED) is 0.289. The number of carbonyl (C=O) groups excluding carboxylic acids is 2. The highest BCUT2D eigenvalue weighted by atomic mass is 32.2. The molecule has 0 aliphatic carbocycles. The zero-order valence-electron chi connectivity index (χ0n) is 18.7. The molecule has 2 amide bonds. The molecule has 0 spiro atoms. The Morgan fingerprint density at radius 2 is 1.59 bits per heavy atom. The fraction of sp³-hybridized carbons (Fsp3) is 0.103. The summed E-state index contributed by atoms with van der Waals surface area (Å²) < 4.78 is 6.17. The molecule has 5 heteroatoms. The predicted octanol–water partition coefficient (Wildman–Crippen LogP) is 6.96. The lowest BCUT2D eigenvalue weighted by atomic mass is 10.1. The van der Waals surface area contributed by atoms with E-state index < -0.39 is 0 Å². The fourth-order valence-corrected chi connectivity index (χ4v) is 4.79. The van der Waals surface area contributed by atoms with Crippen LogP contribution in [0.3, 0.4) is 0 Å². The fourth-order valence-electron chi connectivity index (χ4n) is 3.96. The van der Waals surface area contributed by atoms with Gasteiger partial charge in [-0.25, -0.2) is 0 Å². The monoisotopic (exact) mass is 465 g/mol. The first-order chi connectivity index (χ1) is 16.6. The van der Waals surface area contributed by atoms with Gasteiger partial charge in [0.15, 0.2) is 0 Å². The Balaban J connectivity index is 1.35. The van der Waals surface area contributed by atoms with E-state index in [-0.39, 0.29) is 17.7 Å². The van der Waals surface area contributed by atoms with Crippen molar-refractivity contribution >= 4 is 39.8 Å². The molecule has 1 heterocycles. The highest BCUT2D eigenvalue weighted by Crippen LogP contribution is 2.35. The van der Waals surface area contributed by atoms with Crippen molar-refractivity contribution in [3.8, 4) is 5.75 Å². The van der Waals surface area contributed by atoms with Crippen LogP contribution >= 0.6 is 11.8 Å². The van der Waals surface area contributed by atoms with Gasteiger partial charge in [0.05, 0.1) is 11.4 Å². The van der Waals surface area contributed by atoms with Crippen molar-refractivity contribution in [2.24, 2.45) is 0 Å². The van der Waals surface area contributed by atoms with Crippen molar-refractivity contribution in [1.29, 1.82) is 0 Å². The van der Waals surface area contributed by atoms with E-state index in [9.17, 15) is 9.59 Å². The normalized spacial score (nSPS) is 14.9. The van der Waals surface area contributed by atoms with Crippen LogP contribution in [-0.4, -0.2) is 16.0 Å². The lowest BCUT2D eigenvalue weighted by Crippen LogP contribution is -2.27. The molecule has 1 saturated heterocycles. The molecule has 4 aromatic carbocycles. The van der Waals surface area contributed by atoms with Gasteiger partial charge in [-0.15, -0.1) is 0 Å². The van der Waals surface area contributed by atoms with Gasteiger partial charge in [0.2, 0.25) is 0 Å². The van der Waals surface area contributed by atoms with Gasteiger partial charge >= 0.3 is 0 Å². The Hall–Kier alpha value is -3.83. The summed E-state index contributed by atoms with van der Waals surface area (Å²) in [5.74, 6) is 0.389. The molecule has 4 nitrogen and oxygen atoms in total. The summed E-state index contributed by atoms with van der Waals surface area (Å²) in [6.07, 6.45) is 1.75. The summed E-state index contributed by atoms with van der Waals surface area (Å²) in [5, 5.41) is 2.06.